The van der Waals surface area contributed by atoms with Gasteiger partial charge in [-0.25, -0.2) is 15.0 Å². The van der Waals surface area contributed by atoms with Crippen LogP contribution in [0.3, 0.4) is 0 Å². The summed E-state index contributed by atoms with van der Waals surface area (Å²) < 4.78 is 0. The number of carbonyl (C=O) groups excluding carboxylic acids is 1. The molecule has 1 rings (SSSR count). The van der Waals surface area contributed by atoms with Crippen molar-refractivity contribution in [1.29, 1.82) is 0 Å². The van der Waals surface area contributed by atoms with Crippen LogP contribution in [0.1, 0.15) is 16.2 Å². The largest absolute Gasteiger partial charge is 0.364 e. The van der Waals surface area contributed by atoms with Crippen LogP contribution in [0.15, 0.2) is 11.2 Å². The van der Waals surface area contributed by atoms with Gasteiger partial charge in [-0.2, -0.15) is 0 Å². The highest BCUT2D eigenvalue weighted by atomic mass is 16.1. The van der Waals surface area contributed by atoms with Crippen LogP contribution in [0.4, 0.5) is 5.82 Å². The summed E-state index contributed by atoms with van der Waals surface area (Å²) in [4.78, 5) is 22.0. The molecule has 6 heteroatoms. The smallest absolute Gasteiger partial charge is 0.271 e. The molecular formula is C7H9N5O. The molecule has 0 aliphatic carbocycles. The van der Waals surface area contributed by atoms with E-state index in [1.165, 1.54) is 6.20 Å². The second-order valence-electron chi connectivity index (χ2n) is 2.26. The summed E-state index contributed by atoms with van der Waals surface area (Å²) in [5.41, 5.74) is 10.8. The lowest BCUT2D eigenvalue weighted by Crippen LogP contribution is -2.16. The van der Waals surface area contributed by atoms with Crippen LogP contribution in [0.5, 0.6) is 0 Å². The zero-order valence-electron chi connectivity index (χ0n) is 6.90. The first-order valence-electron chi connectivity index (χ1n) is 3.51. The van der Waals surface area contributed by atoms with E-state index in [2.05, 4.69) is 21.7 Å². The van der Waals surface area contributed by atoms with Crippen LogP contribution in [0, 0.1) is 0 Å². The van der Waals surface area contributed by atoms with Gasteiger partial charge in [0.25, 0.3) is 5.91 Å². The van der Waals surface area contributed by atoms with Gasteiger partial charge in [0, 0.05) is 6.54 Å². The first-order valence-corrected chi connectivity index (χ1v) is 3.51. The van der Waals surface area contributed by atoms with E-state index in [-0.39, 0.29) is 18.1 Å². The van der Waals surface area contributed by atoms with E-state index in [0.717, 1.165) is 0 Å². The van der Waals surface area contributed by atoms with Crippen molar-refractivity contribution in [3.8, 4) is 0 Å². The second-order valence-corrected chi connectivity index (χ2v) is 2.26. The van der Waals surface area contributed by atoms with Crippen LogP contribution in [0.2, 0.25) is 0 Å². The first-order chi connectivity index (χ1) is 6.19. The molecule has 0 aliphatic rings. The SMILES string of the molecule is C=Nc1ncc(CN)nc1C(N)=O. The Morgan fingerprint density at radius 1 is 1.69 bits per heavy atom. The molecule has 13 heavy (non-hydrogen) atoms. The number of nitrogens with two attached hydrogens (primary N) is 2. The Morgan fingerprint density at radius 3 is 2.85 bits per heavy atom. The summed E-state index contributed by atoms with van der Waals surface area (Å²) in [6, 6.07) is 0. The molecule has 0 spiro atoms. The molecule has 1 aromatic heterocycles. The van der Waals surface area contributed by atoms with Crippen molar-refractivity contribution in [2.75, 3.05) is 0 Å². The third kappa shape index (κ3) is 1.85. The molecule has 6 nitrogen and oxygen atoms in total. The average Bonchev–Trinajstić information content (AvgIpc) is 2.16. The quantitative estimate of drug-likeness (QED) is 0.602. The number of rotatable bonds is 3. The zero-order valence-corrected chi connectivity index (χ0v) is 6.90. The molecule has 0 saturated carbocycles. The molecule has 1 heterocycles. The lowest BCUT2D eigenvalue weighted by atomic mass is 10.3. The predicted octanol–water partition coefficient (Wildman–Crippen LogP) is -0.634. The van der Waals surface area contributed by atoms with Gasteiger partial charge in [0.1, 0.15) is 0 Å². The molecule has 0 radical (unpaired) electrons. The molecule has 0 saturated heterocycles. The summed E-state index contributed by atoms with van der Waals surface area (Å²) in [6.07, 6.45) is 1.43. The van der Waals surface area contributed by atoms with E-state index in [1.807, 2.05) is 0 Å². The second kappa shape index (κ2) is 3.72. The maximum absolute atomic E-state index is 10.8. The van der Waals surface area contributed by atoms with Gasteiger partial charge >= 0.3 is 0 Å². The predicted molar refractivity (Wildman–Crippen MR) is 47.7 cm³/mol. The summed E-state index contributed by atoms with van der Waals surface area (Å²) in [5.74, 6) is -0.560. The summed E-state index contributed by atoms with van der Waals surface area (Å²) in [7, 11) is 0. The van der Waals surface area contributed by atoms with Crippen molar-refractivity contribution >= 4 is 18.4 Å². The van der Waals surface area contributed by atoms with Crippen molar-refractivity contribution < 1.29 is 4.79 Å². The fourth-order valence-electron chi connectivity index (χ4n) is 0.799. The van der Waals surface area contributed by atoms with Crippen LogP contribution >= 0.6 is 0 Å². The van der Waals surface area contributed by atoms with Gasteiger partial charge in [-0.3, -0.25) is 4.79 Å². The normalized spacial score (nSPS) is 9.62. The Labute approximate surface area is 74.7 Å². The minimum Gasteiger partial charge on any atom is -0.364 e. The van der Waals surface area contributed by atoms with Crippen molar-refractivity contribution in [2.45, 2.75) is 6.54 Å². The Bertz CT molecular complexity index is 349. The highest BCUT2D eigenvalue weighted by Gasteiger charge is 2.10. The lowest BCUT2D eigenvalue weighted by molar-refractivity contribution is 0.0996. The molecule has 68 valence electrons. The van der Waals surface area contributed by atoms with Gasteiger partial charge < -0.3 is 11.5 Å². The van der Waals surface area contributed by atoms with E-state index < -0.39 is 5.91 Å². The van der Waals surface area contributed by atoms with Crippen LogP contribution in [0.25, 0.3) is 0 Å². The van der Waals surface area contributed by atoms with Gasteiger partial charge in [-0.15, -0.1) is 0 Å². The third-order valence-corrected chi connectivity index (χ3v) is 1.40. The topological polar surface area (TPSA) is 107 Å². The molecule has 0 fully saturated rings. The average molecular weight is 179 g/mol. The van der Waals surface area contributed by atoms with E-state index in [9.17, 15) is 4.79 Å². The fourth-order valence-corrected chi connectivity index (χ4v) is 0.799. The summed E-state index contributed by atoms with van der Waals surface area (Å²) >= 11 is 0. The number of amides is 1. The van der Waals surface area contributed by atoms with E-state index in [1.54, 1.807) is 0 Å². The molecule has 0 unspecified atom stereocenters. The van der Waals surface area contributed by atoms with Crippen molar-refractivity contribution in [3.63, 3.8) is 0 Å². The van der Waals surface area contributed by atoms with Crippen LogP contribution in [-0.4, -0.2) is 22.6 Å². The molecule has 0 aliphatic heterocycles. The maximum Gasteiger partial charge on any atom is 0.271 e. The molecule has 0 aromatic carbocycles. The standard InChI is InChI=1S/C7H9N5O/c1-10-7-5(6(9)13)12-4(2-8)3-11-7/h3H,1-2,8H2,(H2,9,13). The Morgan fingerprint density at radius 2 is 2.38 bits per heavy atom. The number of primary amides is 1. The number of carbonyl (C=O) groups is 1. The van der Waals surface area contributed by atoms with Crippen LogP contribution in [-0.2, 0) is 6.54 Å². The van der Waals surface area contributed by atoms with Gasteiger partial charge in [-0.1, -0.05) is 0 Å². The maximum atomic E-state index is 10.8. The molecule has 4 N–H and O–H groups in total. The van der Waals surface area contributed by atoms with Gasteiger partial charge in [0.2, 0.25) is 0 Å². The van der Waals surface area contributed by atoms with E-state index in [0.29, 0.717) is 5.69 Å². The third-order valence-electron chi connectivity index (χ3n) is 1.40. The number of aromatic nitrogens is 2. The molecule has 0 atom stereocenters. The molecule has 1 aromatic rings. The number of hydrogen-bond donors (Lipinski definition) is 2. The summed E-state index contributed by atoms with van der Waals surface area (Å²) in [6.45, 7) is 3.44. The van der Waals surface area contributed by atoms with Gasteiger partial charge in [-0.05, 0) is 6.72 Å². The Balaban J connectivity index is 3.25. The number of aliphatic imine (C=N–C) groups is 1. The van der Waals surface area contributed by atoms with Gasteiger partial charge in [0.05, 0.1) is 11.9 Å². The number of hydrogen-bond acceptors (Lipinski definition) is 5. The summed E-state index contributed by atoms with van der Waals surface area (Å²) in [5, 5.41) is 0. The minimum absolute atomic E-state index is 0.00190. The highest BCUT2D eigenvalue weighted by Crippen LogP contribution is 2.11. The van der Waals surface area contributed by atoms with E-state index >= 15 is 0 Å². The lowest BCUT2D eigenvalue weighted by Gasteiger charge is -2.01. The molecule has 0 bridgehead atoms. The van der Waals surface area contributed by atoms with E-state index in [4.69, 9.17) is 11.5 Å². The molecular weight excluding hydrogens is 170 g/mol. The van der Waals surface area contributed by atoms with Gasteiger partial charge in [0.15, 0.2) is 11.5 Å². The Kier molecular flexibility index (Phi) is 2.65. The minimum atomic E-state index is -0.690. The zero-order chi connectivity index (χ0) is 9.84. The molecule has 1 amide bonds. The number of nitrogens with zero attached hydrogens (tertiary/aromatic N) is 3. The highest BCUT2D eigenvalue weighted by molar-refractivity contribution is 5.95. The van der Waals surface area contributed by atoms with Crippen molar-refractivity contribution in [3.05, 3.63) is 17.6 Å². The van der Waals surface area contributed by atoms with Crippen LogP contribution < -0.4 is 11.5 Å². The first kappa shape index (κ1) is 9.27. The van der Waals surface area contributed by atoms with Crippen molar-refractivity contribution in [2.24, 2.45) is 16.5 Å². The van der Waals surface area contributed by atoms with Crippen molar-refractivity contribution in [1.82, 2.24) is 9.97 Å². The fraction of sp³-hybridized carbons (Fsp3) is 0.143. The monoisotopic (exact) mass is 179 g/mol. The Hall–Kier alpha value is -1.82.